The maximum atomic E-state index is 3.92. The maximum absolute atomic E-state index is 3.92. The normalized spacial score (nSPS) is 19.0. The molecule has 0 spiro atoms. The molecule has 14 heavy (non-hydrogen) atoms. The topological polar surface area (TPSA) is 15.3 Å². The molecule has 1 heterocycles. The van der Waals surface area contributed by atoms with E-state index >= 15 is 0 Å². The number of rotatable bonds is 3. The molecule has 0 bridgehead atoms. The van der Waals surface area contributed by atoms with Crippen molar-refractivity contribution in [3.05, 3.63) is 36.1 Å². The number of hydrogen-bond acceptors (Lipinski definition) is 2. The molecule has 1 fully saturated rings. The summed E-state index contributed by atoms with van der Waals surface area (Å²) in [6, 6.07) is 0. The Balaban J connectivity index is 2.70. The molecule has 0 radical (unpaired) electrons. The fraction of sp³-hybridized carbons (Fsp3) is 0.500. The molecule has 0 amide bonds. The zero-order chi connectivity index (χ0) is 10.4. The Labute approximate surface area is 87.0 Å². The summed E-state index contributed by atoms with van der Waals surface area (Å²) in [5.74, 6) is 0. The van der Waals surface area contributed by atoms with Crippen molar-refractivity contribution in [1.29, 1.82) is 0 Å². The van der Waals surface area contributed by atoms with E-state index in [4.69, 9.17) is 0 Å². The highest BCUT2D eigenvalue weighted by Gasteiger charge is 2.10. The van der Waals surface area contributed by atoms with Crippen LogP contribution < -0.4 is 5.32 Å². The van der Waals surface area contributed by atoms with Gasteiger partial charge in [0.05, 0.1) is 0 Å². The van der Waals surface area contributed by atoms with Gasteiger partial charge in [-0.2, -0.15) is 0 Å². The molecule has 0 aromatic heterocycles. The second-order valence-electron chi connectivity index (χ2n) is 3.65. The first-order valence-electron chi connectivity index (χ1n) is 5.19. The molecular weight excluding hydrogens is 172 g/mol. The van der Waals surface area contributed by atoms with Crippen LogP contribution in [0.1, 0.15) is 13.8 Å². The lowest BCUT2D eigenvalue weighted by molar-refractivity contribution is 0.307. The number of allylic oxidation sites excluding steroid dienone is 4. The van der Waals surface area contributed by atoms with Crippen LogP contribution in [0, 0.1) is 0 Å². The summed E-state index contributed by atoms with van der Waals surface area (Å²) < 4.78 is 0. The van der Waals surface area contributed by atoms with Gasteiger partial charge in [0.1, 0.15) is 0 Å². The van der Waals surface area contributed by atoms with E-state index < -0.39 is 0 Å². The summed E-state index contributed by atoms with van der Waals surface area (Å²) in [4.78, 5) is 2.39. The van der Waals surface area contributed by atoms with Crippen molar-refractivity contribution in [2.75, 3.05) is 26.2 Å². The molecule has 0 unspecified atom stereocenters. The lowest BCUT2D eigenvalue weighted by Gasteiger charge is -2.30. The lowest BCUT2D eigenvalue weighted by Crippen LogP contribution is -2.42. The smallest absolute Gasteiger partial charge is 0.0366 e. The van der Waals surface area contributed by atoms with Crippen molar-refractivity contribution < 1.29 is 0 Å². The minimum Gasteiger partial charge on any atom is -0.369 e. The second kappa shape index (κ2) is 5.66. The average molecular weight is 192 g/mol. The van der Waals surface area contributed by atoms with Crippen LogP contribution in [0.25, 0.3) is 0 Å². The third kappa shape index (κ3) is 3.38. The zero-order valence-electron chi connectivity index (χ0n) is 9.21. The molecule has 0 aromatic carbocycles. The van der Waals surface area contributed by atoms with Crippen LogP contribution in [0.2, 0.25) is 0 Å². The standard InChI is InChI=1S/C12H20N2/c1-4-5-12(10-11(2)3)14-8-6-13-7-9-14/h4-5,10,13H,2,6-9H2,1,3H3/b5-4?,12-10+. The number of piperazine rings is 1. The van der Waals surface area contributed by atoms with Gasteiger partial charge in [-0.05, 0) is 26.0 Å². The number of hydrogen-bond donors (Lipinski definition) is 1. The van der Waals surface area contributed by atoms with Gasteiger partial charge >= 0.3 is 0 Å². The van der Waals surface area contributed by atoms with Crippen molar-refractivity contribution in [2.45, 2.75) is 13.8 Å². The molecule has 78 valence electrons. The number of nitrogens with zero attached hydrogens (tertiary/aromatic N) is 1. The minimum absolute atomic E-state index is 1.07. The molecule has 0 aliphatic carbocycles. The molecule has 2 heteroatoms. The van der Waals surface area contributed by atoms with Crippen molar-refractivity contribution in [3.8, 4) is 0 Å². The van der Waals surface area contributed by atoms with Crippen molar-refractivity contribution in [1.82, 2.24) is 10.2 Å². The molecule has 2 nitrogen and oxygen atoms in total. The predicted octanol–water partition coefficient (Wildman–Crippen LogP) is 1.93. The largest absolute Gasteiger partial charge is 0.369 e. The molecule has 0 atom stereocenters. The minimum atomic E-state index is 1.07. The first-order valence-corrected chi connectivity index (χ1v) is 5.19. The van der Waals surface area contributed by atoms with Crippen molar-refractivity contribution in [3.63, 3.8) is 0 Å². The van der Waals surface area contributed by atoms with Gasteiger partial charge in [-0.25, -0.2) is 0 Å². The third-order valence-corrected chi connectivity index (χ3v) is 2.21. The van der Waals surface area contributed by atoms with Crippen LogP contribution >= 0.6 is 0 Å². The second-order valence-corrected chi connectivity index (χ2v) is 3.65. The third-order valence-electron chi connectivity index (χ3n) is 2.21. The summed E-state index contributed by atoms with van der Waals surface area (Å²) in [6.45, 7) is 12.3. The van der Waals surface area contributed by atoms with E-state index in [-0.39, 0.29) is 0 Å². The van der Waals surface area contributed by atoms with Gasteiger partial charge in [-0.3, -0.25) is 0 Å². The van der Waals surface area contributed by atoms with E-state index in [1.165, 1.54) is 5.70 Å². The lowest BCUT2D eigenvalue weighted by atomic mass is 10.2. The first-order chi connectivity index (χ1) is 6.74. The van der Waals surface area contributed by atoms with Crippen LogP contribution in [0.4, 0.5) is 0 Å². The fourth-order valence-corrected chi connectivity index (χ4v) is 1.59. The molecule has 1 saturated heterocycles. The summed E-state index contributed by atoms with van der Waals surface area (Å²) in [5, 5.41) is 3.35. The number of nitrogens with one attached hydrogen (secondary N) is 1. The highest BCUT2D eigenvalue weighted by molar-refractivity contribution is 5.26. The van der Waals surface area contributed by atoms with Gasteiger partial charge in [0, 0.05) is 31.9 Å². The van der Waals surface area contributed by atoms with Crippen molar-refractivity contribution >= 4 is 0 Å². The van der Waals surface area contributed by atoms with Crippen LogP contribution in [0.3, 0.4) is 0 Å². The average Bonchev–Trinajstić information content (AvgIpc) is 2.18. The van der Waals surface area contributed by atoms with Gasteiger partial charge in [0.2, 0.25) is 0 Å². The van der Waals surface area contributed by atoms with Crippen molar-refractivity contribution in [2.24, 2.45) is 0 Å². The maximum Gasteiger partial charge on any atom is 0.0366 e. The molecule has 1 rings (SSSR count). The summed E-state index contributed by atoms with van der Waals surface area (Å²) in [6.07, 6.45) is 6.38. The van der Waals surface area contributed by atoms with E-state index in [2.05, 4.69) is 41.9 Å². The SMILES string of the molecule is C=C(C)/C=C(\C=CC)N1CCNCC1. The highest BCUT2D eigenvalue weighted by atomic mass is 15.2. The molecular formula is C12H20N2. The summed E-state index contributed by atoms with van der Waals surface area (Å²) >= 11 is 0. The van der Waals surface area contributed by atoms with E-state index in [0.717, 1.165) is 31.8 Å². The highest BCUT2D eigenvalue weighted by Crippen LogP contribution is 2.10. The Morgan fingerprint density at radius 2 is 2.00 bits per heavy atom. The van der Waals surface area contributed by atoms with Gasteiger partial charge in [-0.15, -0.1) is 0 Å². The molecule has 0 aromatic rings. The van der Waals surface area contributed by atoms with E-state index in [9.17, 15) is 0 Å². The molecule has 1 N–H and O–H groups in total. The Morgan fingerprint density at radius 3 is 2.50 bits per heavy atom. The summed E-state index contributed by atoms with van der Waals surface area (Å²) in [5.41, 5.74) is 2.39. The zero-order valence-corrected chi connectivity index (χ0v) is 9.21. The van der Waals surface area contributed by atoms with E-state index in [1.807, 2.05) is 6.92 Å². The quantitative estimate of drug-likeness (QED) is 0.687. The van der Waals surface area contributed by atoms with Gasteiger partial charge in [-0.1, -0.05) is 18.2 Å². The molecule has 0 saturated carbocycles. The fourth-order valence-electron chi connectivity index (χ4n) is 1.59. The first kappa shape index (κ1) is 11.1. The van der Waals surface area contributed by atoms with Gasteiger partial charge < -0.3 is 10.2 Å². The Bertz CT molecular complexity index is 245. The molecule has 1 aliphatic rings. The van der Waals surface area contributed by atoms with Crippen LogP contribution in [-0.4, -0.2) is 31.1 Å². The Kier molecular flexibility index (Phi) is 4.47. The monoisotopic (exact) mass is 192 g/mol. The van der Waals surface area contributed by atoms with E-state index in [0.29, 0.717) is 0 Å². The summed E-state index contributed by atoms with van der Waals surface area (Å²) in [7, 11) is 0. The van der Waals surface area contributed by atoms with Crippen LogP contribution in [0.5, 0.6) is 0 Å². The van der Waals surface area contributed by atoms with Crippen LogP contribution in [0.15, 0.2) is 36.1 Å². The Hall–Kier alpha value is -1.02. The van der Waals surface area contributed by atoms with Crippen LogP contribution in [-0.2, 0) is 0 Å². The predicted molar refractivity (Wildman–Crippen MR) is 62.2 cm³/mol. The van der Waals surface area contributed by atoms with E-state index in [1.54, 1.807) is 0 Å². The van der Waals surface area contributed by atoms with Gasteiger partial charge in [0.15, 0.2) is 0 Å². The van der Waals surface area contributed by atoms with Gasteiger partial charge in [0.25, 0.3) is 0 Å². The molecule has 1 aliphatic heterocycles. The Morgan fingerprint density at radius 1 is 1.36 bits per heavy atom.